The molecule has 1 heterocycles. The molecule has 2 aromatic carbocycles. The van der Waals surface area contributed by atoms with Crippen molar-refractivity contribution >= 4 is 0 Å². The second-order valence-corrected chi connectivity index (χ2v) is 4.77. The van der Waals surface area contributed by atoms with E-state index in [2.05, 4.69) is 12.1 Å². The van der Waals surface area contributed by atoms with E-state index in [1.165, 1.54) is 5.56 Å². The fourth-order valence-electron chi connectivity index (χ4n) is 2.26. The van der Waals surface area contributed by atoms with Crippen LogP contribution >= 0.6 is 0 Å². The summed E-state index contributed by atoms with van der Waals surface area (Å²) in [5.74, 6) is 1.58. The number of para-hydroxylation sites is 2. The second-order valence-electron chi connectivity index (χ2n) is 4.77. The van der Waals surface area contributed by atoms with Gasteiger partial charge in [0.15, 0.2) is 11.5 Å². The van der Waals surface area contributed by atoms with E-state index in [-0.39, 0.29) is 12.1 Å². The average Bonchev–Trinajstić information content (AvgIpc) is 2.48. The first-order valence-electron chi connectivity index (χ1n) is 6.51. The Hall–Kier alpha value is -2.00. The summed E-state index contributed by atoms with van der Waals surface area (Å²) in [6, 6.07) is 17.8. The molecule has 1 aliphatic heterocycles. The maximum atomic E-state index is 6.23. The summed E-state index contributed by atoms with van der Waals surface area (Å²) >= 11 is 0. The van der Waals surface area contributed by atoms with Crippen LogP contribution in [0.1, 0.15) is 5.56 Å². The van der Waals surface area contributed by atoms with Gasteiger partial charge in [0.1, 0.15) is 12.7 Å². The highest BCUT2D eigenvalue weighted by atomic mass is 16.6. The number of rotatable bonds is 3. The van der Waals surface area contributed by atoms with E-state index in [1.807, 2.05) is 42.5 Å². The van der Waals surface area contributed by atoms with Crippen molar-refractivity contribution in [2.75, 3.05) is 6.61 Å². The largest absolute Gasteiger partial charge is 0.486 e. The van der Waals surface area contributed by atoms with Crippen LogP contribution in [-0.2, 0) is 6.42 Å². The van der Waals surface area contributed by atoms with E-state index in [4.69, 9.17) is 15.2 Å². The molecule has 3 nitrogen and oxygen atoms in total. The summed E-state index contributed by atoms with van der Waals surface area (Å²) in [6.07, 6.45) is 0.687. The maximum Gasteiger partial charge on any atom is 0.161 e. The average molecular weight is 255 g/mol. The van der Waals surface area contributed by atoms with Gasteiger partial charge in [0.25, 0.3) is 0 Å². The van der Waals surface area contributed by atoms with Gasteiger partial charge < -0.3 is 15.2 Å². The predicted octanol–water partition coefficient (Wildman–Crippen LogP) is 2.40. The molecule has 1 aliphatic rings. The lowest BCUT2D eigenvalue weighted by Gasteiger charge is -2.30. The summed E-state index contributed by atoms with van der Waals surface area (Å²) in [5, 5.41) is 0. The number of benzene rings is 2. The first kappa shape index (κ1) is 12.1. The molecule has 3 rings (SSSR count). The van der Waals surface area contributed by atoms with Crippen LogP contribution in [0.4, 0.5) is 0 Å². The van der Waals surface area contributed by atoms with E-state index in [9.17, 15) is 0 Å². The highest BCUT2D eigenvalue weighted by Gasteiger charge is 2.26. The molecule has 0 saturated carbocycles. The molecule has 2 N–H and O–H groups in total. The third-order valence-electron chi connectivity index (χ3n) is 3.32. The highest BCUT2D eigenvalue weighted by molar-refractivity contribution is 5.40. The van der Waals surface area contributed by atoms with Crippen LogP contribution in [0.15, 0.2) is 54.6 Å². The Morgan fingerprint density at radius 2 is 1.68 bits per heavy atom. The summed E-state index contributed by atoms with van der Waals surface area (Å²) in [5.41, 5.74) is 7.45. The first-order chi connectivity index (χ1) is 9.33. The van der Waals surface area contributed by atoms with Crippen molar-refractivity contribution in [3.63, 3.8) is 0 Å². The minimum Gasteiger partial charge on any atom is -0.486 e. The Bertz CT molecular complexity index is 541. The standard InChI is InChI=1S/C16H17NO2/c17-13(10-12-6-2-1-3-7-12)16-11-18-14-8-4-5-9-15(14)19-16/h1-9,13,16H,10-11,17H2/t13-,16-/m1/s1. The number of hydrogen-bond donors (Lipinski definition) is 1. The van der Waals surface area contributed by atoms with Crippen molar-refractivity contribution in [3.05, 3.63) is 60.2 Å². The molecule has 0 unspecified atom stereocenters. The third kappa shape index (κ3) is 2.71. The van der Waals surface area contributed by atoms with Gasteiger partial charge in [-0.2, -0.15) is 0 Å². The molecule has 0 fully saturated rings. The number of fused-ring (bicyclic) bond motifs is 1. The van der Waals surface area contributed by atoms with Gasteiger partial charge in [-0.1, -0.05) is 42.5 Å². The Morgan fingerprint density at radius 1 is 1.00 bits per heavy atom. The predicted molar refractivity (Wildman–Crippen MR) is 74.5 cm³/mol. The van der Waals surface area contributed by atoms with Crippen molar-refractivity contribution in [2.24, 2.45) is 5.73 Å². The van der Waals surface area contributed by atoms with Crippen molar-refractivity contribution in [2.45, 2.75) is 18.6 Å². The topological polar surface area (TPSA) is 44.5 Å². The molecular weight excluding hydrogens is 238 g/mol. The zero-order valence-electron chi connectivity index (χ0n) is 10.7. The van der Waals surface area contributed by atoms with E-state index in [0.29, 0.717) is 6.61 Å². The monoisotopic (exact) mass is 255 g/mol. The first-order valence-corrected chi connectivity index (χ1v) is 6.51. The summed E-state index contributed by atoms with van der Waals surface area (Å²) in [6.45, 7) is 0.505. The lowest BCUT2D eigenvalue weighted by molar-refractivity contribution is 0.0723. The Balaban J connectivity index is 1.68. The summed E-state index contributed by atoms with van der Waals surface area (Å²) in [7, 11) is 0. The molecule has 2 aromatic rings. The van der Waals surface area contributed by atoms with Crippen LogP contribution in [0.5, 0.6) is 11.5 Å². The zero-order chi connectivity index (χ0) is 13.1. The zero-order valence-corrected chi connectivity index (χ0v) is 10.7. The summed E-state index contributed by atoms with van der Waals surface area (Å²) in [4.78, 5) is 0. The molecule has 98 valence electrons. The fraction of sp³-hybridized carbons (Fsp3) is 0.250. The van der Waals surface area contributed by atoms with E-state index >= 15 is 0 Å². The van der Waals surface area contributed by atoms with Gasteiger partial charge in [0.2, 0.25) is 0 Å². The molecule has 2 atom stereocenters. The van der Waals surface area contributed by atoms with Crippen LogP contribution in [0.25, 0.3) is 0 Å². The Labute approximate surface area is 113 Å². The Kier molecular flexibility index (Phi) is 3.38. The molecule has 0 radical (unpaired) electrons. The number of ether oxygens (including phenoxy) is 2. The summed E-state index contributed by atoms with van der Waals surface area (Å²) < 4.78 is 11.6. The van der Waals surface area contributed by atoms with Gasteiger partial charge in [-0.3, -0.25) is 0 Å². The molecule has 0 amide bonds. The Morgan fingerprint density at radius 3 is 2.47 bits per heavy atom. The smallest absolute Gasteiger partial charge is 0.161 e. The van der Waals surface area contributed by atoms with Crippen LogP contribution in [0, 0.1) is 0 Å². The van der Waals surface area contributed by atoms with Gasteiger partial charge in [-0.25, -0.2) is 0 Å². The SMILES string of the molecule is N[C@H](Cc1ccccc1)[C@H]1COc2ccccc2O1. The minimum atomic E-state index is -0.102. The van der Waals surface area contributed by atoms with Crippen LogP contribution in [-0.4, -0.2) is 18.8 Å². The second kappa shape index (κ2) is 5.33. The van der Waals surface area contributed by atoms with Crippen molar-refractivity contribution in [1.29, 1.82) is 0 Å². The molecule has 0 bridgehead atoms. The fourth-order valence-corrected chi connectivity index (χ4v) is 2.26. The van der Waals surface area contributed by atoms with Crippen LogP contribution in [0.2, 0.25) is 0 Å². The molecule has 0 aliphatic carbocycles. The molecule has 0 saturated heterocycles. The van der Waals surface area contributed by atoms with Crippen molar-refractivity contribution in [3.8, 4) is 11.5 Å². The minimum absolute atomic E-state index is 0.0734. The van der Waals surface area contributed by atoms with Gasteiger partial charge in [0, 0.05) is 6.04 Å². The van der Waals surface area contributed by atoms with E-state index in [0.717, 1.165) is 17.9 Å². The van der Waals surface area contributed by atoms with Gasteiger partial charge in [-0.15, -0.1) is 0 Å². The number of hydrogen-bond acceptors (Lipinski definition) is 3. The van der Waals surface area contributed by atoms with Gasteiger partial charge >= 0.3 is 0 Å². The molecule has 0 aromatic heterocycles. The lowest BCUT2D eigenvalue weighted by Crippen LogP contribution is -2.46. The third-order valence-corrected chi connectivity index (χ3v) is 3.32. The molecular formula is C16H17NO2. The van der Waals surface area contributed by atoms with Gasteiger partial charge in [-0.05, 0) is 24.1 Å². The maximum absolute atomic E-state index is 6.23. The van der Waals surface area contributed by atoms with E-state index in [1.54, 1.807) is 0 Å². The normalized spacial score (nSPS) is 18.9. The number of nitrogens with two attached hydrogens (primary N) is 1. The van der Waals surface area contributed by atoms with Crippen molar-refractivity contribution in [1.82, 2.24) is 0 Å². The van der Waals surface area contributed by atoms with Crippen LogP contribution in [0.3, 0.4) is 0 Å². The quantitative estimate of drug-likeness (QED) is 0.916. The van der Waals surface area contributed by atoms with Crippen molar-refractivity contribution < 1.29 is 9.47 Å². The van der Waals surface area contributed by atoms with Gasteiger partial charge in [0.05, 0.1) is 0 Å². The molecule has 0 spiro atoms. The molecule has 3 heteroatoms. The van der Waals surface area contributed by atoms with E-state index < -0.39 is 0 Å². The molecule has 19 heavy (non-hydrogen) atoms. The van der Waals surface area contributed by atoms with Crippen LogP contribution < -0.4 is 15.2 Å². The lowest BCUT2D eigenvalue weighted by atomic mass is 10.0. The highest BCUT2D eigenvalue weighted by Crippen LogP contribution is 2.31.